The molecule has 0 unspecified atom stereocenters. The van der Waals surface area contributed by atoms with Crippen LogP contribution in [-0.4, -0.2) is 29.0 Å². The second-order valence-corrected chi connectivity index (χ2v) is 5.37. The predicted molar refractivity (Wildman–Crippen MR) is 79.2 cm³/mol. The molecule has 5 nitrogen and oxygen atoms in total. The average molecular weight is 285 g/mol. The highest BCUT2D eigenvalue weighted by atomic mass is 16.5. The molecule has 0 radical (unpaired) electrons. The molecule has 2 aromatic rings. The lowest BCUT2D eigenvalue weighted by atomic mass is 9.96. The van der Waals surface area contributed by atoms with E-state index in [0.29, 0.717) is 19.6 Å². The molecule has 1 atom stereocenters. The highest BCUT2D eigenvalue weighted by molar-refractivity contribution is 5.79. The summed E-state index contributed by atoms with van der Waals surface area (Å²) >= 11 is 0. The summed E-state index contributed by atoms with van der Waals surface area (Å²) < 4.78 is 5.65. The molecular weight excluding hydrogens is 266 g/mol. The van der Waals surface area contributed by atoms with Gasteiger partial charge in [0.05, 0.1) is 5.92 Å². The molecule has 0 saturated carbocycles. The zero-order valence-corrected chi connectivity index (χ0v) is 12.1. The van der Waals surface area contributed by atoms with Gasteiger partial charge in [-0.05, 0) is 25.0 Å². The Hall–Kier alpha value is -2.30. The normalized spacial score (nSPS) is 16.9. The van der Waals surface area contributed by atoms with Crippen LogP contribution >= 0.6 is 0 Å². The second kappa shape index (κ2) is 5.99. The van der Waals surface area contributed by atoms with Gasteiger partial charge in [-0.1, -0.05) is 18.2 Å². The third kappa shape index (κ3) is 3.24. The Morgan fingerprint density at radius 1 is 1.48 bits per heavy atom. The van der Waals surface area contributed by atoms with Gasteiger partial charge in [0.1, 0.15) is 18.2 Å². The van der Waals surface area contributed by atoms with Crippen LogP contribution < -0.4 is 10.1 Å². The van der Waals surface area contributed by atoms with Crippen LogP contribution in [0.1, 0.15) is 17.1 Å². The third-order valence-electron chi connectivity index (χ3n) is 3.67. The zero-order chi connectivity index (χ0) is 14.7. The molecule has 2 heterocycles. The van der Waals surface area contributed by atoms with E-state index in [2.05, 4.69) is 15.3 Å². The topological polar surface area (TPSA) is 67.0 Å². The van der Waals surface area contributed by atoms with Crippen molar-refractivity contribution in [1.29, 1.82) is 0 Å². The van der Waals surface area contributed by atoms with E-state index < -0.39 is 0 Å². The molecule has 1 aliphatic rings. The van der Waals surface area contributed by atoms with Crippen molar-refractivity contribution in [2.75, 3.05) is 13.2 Å². The molecule has 1 aromatic carbocycles. The molecule has 3 rings (SSSR count). The number of carbonyl (C=O) groups is 1. The number of benzene rings is 1. The fraction of sp³-hybridized carbons (Fsp3) is 0.375. The van der Waals surface area contributed by atoms with Gasteiger partial charge in [0.25, 0.3) is 0 Å². The summed E-state index contributed by atoms with van der Waals surface area (Å²) in [7, 11) is 0. The molecule has 0 fully saturated rings. The number of imidazole rings is 1. The SMILES string of the molecule is Cc1cnc(CCNC(=O)[C@@H]2COc3ccccc3C2)[nH]1. The van der Waals surface area contributed by atoms with Crippen molar-refractivity contribution in [1.82, 2.24) is 15.3 Å². The van der Waals surface area contributed by atoms with E-state index in [1.807, 2.05) is 31.2 Å². The molecule has 1 aromatic heterocycles. The number of aromatic nitrogens is 2. The van der Waals surface area contributed by atoms with Crippen LogP contribution in [0.2, 0.25) is 0 Å². The molecule has 0 aliphatic carbocycles. The molecule has 1 aliphatic heterocycles. The highest BCUT2D eigenvalue weighted by Gasteiger charge is 2.25. The molecule has 21 heavy (non-hydrogen) atoms. The van der Waals surface area contributed by atoms with E-state index in [0.717, 1.165) is 29.3 Å². The number of para-hydroxylation sites is 1. The summed E-state index contributed by atoms with van der Waals surface area (Å²) in [5.41, 5.74) is 2.14. The minimum absolute atomic E-state index is 0.0489. The molecule has 0 saturated heterocycles. The Kier molecular flexibility index (Phi) is 3.90. The van der Waals surface area contributed by atoms with Crippen LogP contribution in [0.5, 0.6) is 5.75 Å². The lowest BCUT2D eigenvalue weighted by Crippen LogP contribution is -2.38. The number of nitrogens with zero attached hydrogens (tertiary/aromatic N) is 1. The number of nitrogens with one attached hydrogen (secondary N) is 2. The first-order valence-electron chi connectivity index (χ1n) is 7.21. The highest BCUT2D eigenvalue weighted by Crippen LogP contribution is 2.26. The van der Waals surface area contributed by atoms with Crippen LogP contribution in [0.3, 0.4) is 0 Å². The van der Waals surface area contributed by atoms with Gasteiger partial charge in [0.2, 0.25) is 5.91 Å². The maximum absolute atomic E-state index is 12.2. The van der Waals surface area contributed by atoms with E-state index in [9.17, 15) is 4.79 Å². The van der Waals surface area contributed by atoms with Gasteiger partial charge in [-0.2, -0.15) is 0 Å². The number of carbonyl (C=O) groups excluding carboxylic acids is 1. The molecule has 2 N–H and O–H groups in total. The molecule has 0 spiro atoms. The van der Waals surface area contributed by atoms with Gasteiger partial charge >= 0.3 is 0 Å². The van der Waals surface area contributed by atoms with Gasteiger partial charge in [-0.3, -0.25) is 4.79 Å². The summed E-state index contributed by atoms with van der Waals surface area (Å²) in [6, 6.07) is 7.88. The average Bonchev–Trinajstić information content (AvgIpc) is 2.92. The number of hydrogen-bond acceptors (Lipinski definition) is 3. The Morgan fingerprint density at radius 2 is 2.33 bits per heavy atom. The van der Waals surface area contributed by atoms with E-state index in [-0.39, 0.29) is 11.8 Å². The van der Waals surface area contributed by atoms with Crippen molar-refractivity contribution in [2.45, 2.75) is 19.8 Å². The quantitative estimate of drug-likeness (QED) is 0.897. The van der Waals surface area contributed by atoms with Crippen molar-refractivity contribution in [3.8, 4) is 5.75 Å². The summed E-state index contributed by atoms with van der Waals surface area (Å²) in [6.45, 7) is 3.00. The molecule has 5 heteroatoms. The monoisotopic (exact) mass is 285 g/mol. The van der Waals surface area contributed by atoms with Crippen molar-refractivity contribution >= 4 is 5.91 Å². The third-order valence-corrected chi connectivity index (χ3v) is 3.67. The first-order chi connectivity index (χ1) is 10.2. The Labute approximate surface area is 123 Å². The lowest BCUT2D eigenvalue weighted by molar-refractivity contribution is -0.126. The van der Waals surface area contributed by atoms with Gasteiger partial charge in [-0.25, -0.2) is 4.98 Å². The molecule has 0 bridgehead atoms. The Morgan fingerprint density at radius 3 is 3.14 bits per heavy atom. The van der Waals surface area contributed by atoms with Crippen LogP contribution in [-0.2, 0) is 17.6 Å². The lowest BCUT2D eigenvalue weighted by Gasteiger charge is -2.24. The Balaban J connectivity index is 1.50. The number of H-pyrrole nitrogens is 1. The summed E-state index contributed by atoms with van der Waals surface area (Å²) in [5.74, 6) is 1.73. The largest absolute Gasteiger partial charge is 0.492 e. The van der Waals surface area contributed by atoms with Crippen molar-refractivity contribution in [3.05, 3.63) is 47.5 Å². The van der Waals surface area contributed by atoms with Crippen molar-refractivity contribution in [2.24, 2.45) is 5.92 Å². The maximum Gasteiger partial charge on any atom is 0.226 e. The molecule has 1 amide bonds. The van der Waals surface area contributed by atoms with Crippen molar-refractivity contribution < 1.29 is 9.53 Å². The number of ether oxygens (including phenoxy) is 1. The van der Waals surface area contributed by atoms with E-state index in [1.54, 1.807) is 6.20 Å². The number of amides is 1. The number of aromatic amines is 1. The van der Waals surface area contributed by atoms with Crippen LogP contribution in [0, 0.1) is 12.8 Å². The van der Waals surface area contributed by atoms with Crippen molar-refractivity contribution in [3.63, 3.8) is 0 Å². The first-order valence-corrected chi connectivity index (χ1v) is 7.21. The number of fused-ring (bicyclic) bond motifs is 1. The summed E-state index contributed by atoms with van der Waals surface area (Å²) in [6.07, 6.45) is 3.24. The first kappa shape index (κ1) is 13.7. The van der Waals surface area contributed by atoms with E-state index in [4.69, 9.17) is 4.74 Å². The molecular formula is C16H19N3O2. The van der Waals surface area contributed by atoms with Gasteiger partial charge in [0, 0.05) is 24.9 Å². The number of hydrogen-bond donors (Lipinski definition) is 2. The molecule has 110 valence electrons. The standard InChI is InChI=1S/C16H19N3O2/c1-11-9-18-15(19-11)6-7-17-16(20)13-8-12-4-2-3-5-14(12)21-10-13/h2-5,9,13H,6-8,10H2,1H3,(H,17,20)(H,18,19)/t13-/m0/s1. The smallest absolute Gasteiger partial charge is 0.226 e. The zero-order valence-electron chi connectivity index (χ0n) is 12.1. The summed E-state index contributed by atoms with van der Waals surface area (Å²) in [5, 5.41) is 2.96. The number of aryl methyl sites for hydroxylation is 1. The van der Waals surface area contributed by atoms with Gasteiger partial charge < -0.3 is 15.0 Å². The predicted octanol–water partition coefficient (Wildman–Crippen LogP) is 1.63. The number of rotatable bonds is 4. The van der Waals surface area contributed by atoms with E-state index >= 15 is 0 Å². The second-order valence-electron chi connectivity index (χ2n) is 5.37. The summed E-state index contributed by atoms with van der Waals surface area (Å²) in [4.78, 5) is 19.6. The fourth-order valence-corrected chi connectivity index (χ4v) is 2.54. The van der Waals surface area contributed by atoms with Gasteiger partial charge in [-0.15, -0.1) is 0 Å². The minimum atomic E-state index is -0.113. The van der Waals surface area contributed by atoms with E-state index in [1.165, 1.54) is 0 Å². The fourth-order valence-electron chi connectivity index (χ4n) is 2.54. The minimum Gasteiger partial charge on any atom is -0.492 e. The van der Waals surface area contributed by atoms with Crippen LogP contribution in [0.25, 0.3) is 0 Å². The van der Waals surface area contributed by atoms with Crippen LogP contribution in [0.4, 0.5) is 0 Å². The maximum atomic E-state index is 12.2. The van der Waals surface area contributed by atoms with Crippen LogP contribution in [0.15, 0.2) is 30.5 Å². The van der Waals surface area contributed by atoms with Gasteiger partial charge in [0.15, 0.2) is 0 Å². The Bertz CT molecular complexity index is 636.